The summed E-state index contributed by atoms with van der Waals surface area (Å²) in [5.41, 5.74) is 1.50. The predicted molar refractivity (Wildman–Crippen MR) is 211 cm³/mol. The van der Waals surface area contributed by atoms with E-state index in [0.29, 0.717) is 41.9 Å². The number of allylic oxidation sites excluding steroid dienone is 2. The van der Waals surface area contributed by atoms with Crippen molar-refractivity contribution in [2.45, 2.75) is 203 Å². The van der Waals surface area contributed by atoms with Crippen LogP contribution in [-0.2, 0) is 33.2 Å². The first-order chi connectivity index (χ1) is 28.4. The van der Waals surface area contributed by atoms with Crippen LogP contribution in [0.3, 0.4) is 0 Å². The van der Waals surface area contributed by atoms with Crippen LogP contribution in [0, 0.1) is 52.3 Å². The van der Waals surface area contributed by atoms with E-state index in [1.165, 1.54) is 12.5 Å². The van der Waals surface area contributed by atoms with Gasteiger partial charge in [-0.1, -0.05) is 39.3 Å². The van der Waals surface area contributed by atoms with Gasteiger partial charge in [0, 0.05) is 12.3 Å². The van der Waals surface area contributed by atoms with E-state index in [0.717, 1.165) is 58.0 Å². The van der Waals surface area contributed by atoms with E-state index < -0.39 is 104 Å². The molecule has 60 heavy (non-hydrogen) atoms. The summed E-state index contributed by atoms with van der Waals surface area (Å²) in [6, 6.07) is 0. The highest BCUT2D eigenvalue weighted by Crippen LogP contribution is 2.71. The Morgan fingerprint density at radius 2 is 1.37 bits per heavy atom. The van der Waals surface area contributed by atoms with E-state index in [2.05, 4.69) is 33.8 Å². The minimum Gasteiger partial charge on any atom is -0.394 e. The van der Waals surface area contributed by atoms with Gasteiger partial charge in [-0.05, 0) is 112 Å². The molecule has 1 spiro atoms. The second-order valence-corrected chi connectivity index (χ2v) is 21.2. The molecule has 8 N–H and O–H groups in total. The molecule has 9 aliphatic rings. The molecule has 0 amide bonds. The molecule has 0 unspecified atom stereocenters. The SMILES string of the molecule is C[C@@H]1CC[C@@]2(OC1)O[C@H]1C[C@H]3[C@@H]4CC=C5C[C@@H]([C@@H]6O[C@H](CO)[C@@H](O)[C@H](O[C@@H]7O[C@@H](C)[C@H](O)[C@@H](O)[C@H]7O)[C@H]6O[C@@H]6O[C@@H](C)[C@H](O)[C@@H](O)[C@H]6O)CC[C@]5(C)[C@H]4CC[C@]3(C)[C@H]1[C@@H]2C. The zero-order valence-corrected chi connectivity index (χ0v) is 36.1. The van der Waals surface area contributed by atoms with Gasteiger partial charge in [0.15, 0.2) is 18.4 Å². The molecule has 5 aliphatic heterocycles. The largest absolute Gasteiger partial charge is 0.394 e. The van der Waals surface area contributed by atoms with Gasteiger partial charge in [0.1, 0.15) is 61.0 Å². The zero-order valence-electron chi connectivity index (χ0n) is 36.1. The van der Waals surface area contributed by atoms with Crippen LogP contribution in [0.15, 0.2) is 11.6 Å². The van der Waals surface area contributed by atoms with Crippen LogP contribution >= 0.6 is 0 Å². The van der Waals surface area contributed by atoms with Crippen LogP contribution in [0.4, 0.5) is 0 Å². The van der Waals surface area contributed by atoms with Gasteiger partial charge in [-0.25, -0.2) is 0 Å². The molecule has 5 saturated heterocycles. The normalized spacial score (nSPS) is 59.2. The summed E-state index contributed by atoms with van der Waals surface area (Å²) in [6.45, 7) is 12.9. The lowest BCUT2D eigenvalue weighted by Gasteiger charge is -2.59. The molecule has 5 heterocycles. The molecule has 0 aromatic carbocycles. The van der Waals surface area contributed by atoms with Crippen molar-refractivity contribution in [2.75, 3.05) is 13.2 Å². The Kier molecular flexibility index (Phi) is 12.0. The lowest BCUT2D eigenvalue weighted by atomic mass is 9.46. The summed E-state index contributed by atoms with van der Waals surface area (Å²) in [5, 5.41) is 86.5. The summed E-state index contributed by atoms with van der Waals surface area (Å²) >= 11 is 0. The number of aliphatic hydroxyl groups is 8. The molecule has 342 valence electrons. The third-order valence-corrected chi connectivity index (χ3v) is 17.9. The van der Waals surface area contributed by atoms with Crippen LogP contribution in [0.1, 0.15) is 99.3 Å². The summed E-state index contributed by atoms with van der Waals surface area (Å²) in [4.78, 5) is 0. The molecule has 15 heteroatoms. The van der Waals surface area contributed by atoms with Crippen molar-refractivity contribution in [3.63, 3.8) is 0 Å². The maximum absolute atomic E-state index is 11.7. The van der Waals surface area contributed by atoms with E-state index in [-0.39, 0.29) is 22.9 Å². The van der Waals surface area contributed by atoms with Gasteiger partial charge < -0.3 is 74.0 Å². The van der Waals surface area contributed by atoms with Crippen molar-refractivity contribution in [1.29, 1.82) is 0 Å². The molecular weight excluding hydrogens is 780 g/mol. The van der Waals surface area contributed by atoms with Crippen LogP contribution in [0.5, 0.6) is 0 Å². The molecule has 26 atom stereocenters. The third kappa shape index (κ3) is 6.94. The standard InChI is InChI=1S/C45H72O15/c1-19-9-14-45(54-18-19)20(2)30-28(60-45)16-27-25-8-7-24-15-23(10-12-43(24,5)26(25)11-13-44(27,30)6)38-40(59-42-37(53)35(51)32(48)22(4)56-42)39(33(49)29(17-46)57-38)58-41-36(52)34(50)31(47)21(3)55-41/h7,19-23,25-42,46-53H,8-18H2,1-6H3/t19-,20+,21+,22+,23+,25-,26+,27+,28+,29-,30+,31+,32+,33-,34-,35-,36-,37-,38+,39+,40+,41+,42+,43+,44+,45-/m1/s1. The quantitative estimate of drug-likeness (QED) is 0.177. The Balaban J connectivity index is 0.975. The molecule has 4 aliphatic carbocycles. The highest BCUT2D eigenvalue weighted by Gasteiger charge is 2.69. The summed E-state index contributed by atoms with van der Waals surface area (Å²) < 4.78 is 44.6. The Labute approximate surface area is 353 Å². The van der Waals surface area contributed by atoms with Gasteiger partial charge in [-0.3, -0.25) is 0 Å². The van der Waals surface area contributed by atoms with Crippen LogP contribution in [0.25, 0.3) is 0 Å². The van der Waals surface area contributed by atoms with Gasteiger partial charge in [-0.2, -0.15) is 0 Å². The van der Waals surface area contributed by atoms with E-state index in [9.17, 15) is 40.9 Å². The lowest BCUT2D eigenvalue weighted by Crippen LogP contribution is -2.67. The van der Waals surface area contributed by atoms with Crippen LogP contribution < -0.4 is 0 Å². The number of hydrogen-bond donors (Lipinski definition) is 8. The summed E-state index contributed by atoms with van der Waals surface area (Å²) in [6.07, 6.45) is -8.78. The van der Waals surface area contributed by atoms with Crippen LogP contribution in [0.2, 0.25) is 0 Å². The molecule has 9 rings (SSSR count). The fourth-order valence-corrected chi connectivity index (χ4v) is 14.3. The van der Waals surface area contributed by atoms with E-state index in [1.807, 2.05) is 0 Å². The Morgan fingerprint density at radius 3 is 1.98 bits per heavy atom. The van der Waals surface area contributed by atoms with E-state index in [4.69, 9.17) is 33.2 Å². The molecule has 0 aromatic rings. The van der Waals surface area contributed by atoms with Gasteiger partial charge >= 0.3 is 0 Å². The number of hydrogen-bond acceptors (Lipinski definition) is 15. The maximum atomic E-state index is 11.7. The molecule has 15 nitrogen and oxygen atoms in total. The lowest BCUT2D eigenvalue weighted by molar-refractivity contribution is -0.370. The van der Waals surface area contributed by atoms with Crippen molar-refractivity contribution < 1.29 is 74.0 Å². The Hall–Kier alpha value is -0.860. The van der Waals surface area contributed by atoms with Crippen molar-refractivity contribution in [3.05, 3.63) is 11.6 Å². The first-order valence-corrected chi connectivity index (χ1v) is 23.1. The predicted octanol–water partition coefficient (Wildman–Crippen LogP) is 1.52. The minimum absolute atomic E-state index is 0.0446. The number of ether oxygens (including phenoxy) is 7. The van der Waals surface area contributed by atoms with E-state index >= 15 is 0 Å². The van der Waals surface area contributed by atoms with Crippen molar-refractivity contribution in [1.82, 2.24) is 0 Å². The van der Waals surface area contributed by atoms with Gasteiger partial charge in [0.05, 0.1) is 37.6 Å². The molecule has 3 saturated carbocycles. The van der Waals surface area contributed by atoms with Crippen LogP contribution in [-0.4, -0.2) is 158 Å². The smallest absolute Gasteiger partial charge is 0.187 e. The molecule has 0 radical (unpaired) electrons. The molecule has 8 fully saturated rings. The Bertz CT molecular complexity index is 1570. The highest BCUT2D eigenvalue weighted by atomic mass is 16.7. The number of rotatable bonds is 6. The second-order valence-electron chi connectivity index (χ2n) is 21.2. The number of aliphatic hydroxyl groups excluding tert-OH is 8. The van der Waals surface area contributed by atoms with Crippen molar-refractivity contribution in [2.24, 2.45) is 52.3 Å². The molecule has 0 aromatic heterocycles. The Morgan fingerprint density at radius 1 is 0.717 bits per heavy atom. The minimum atomic E-state index is -1.70. The topological polar surface area (TPSA) is 226 Å². The first-order valence-electron chi connectivity index (χ1n) is 23.1. The van der Waals surface area contributed by atoms with Gasteiger partial charge in [0.2, 0.25) is 0 Å². The number of fused-ring (bicyclic) bond motifs is 7. The van der Waals surface area contributed by atoms with Crippen molar-refractivity contribution >= 4 is 0 Å². The average Bonchev–Trinajstić information content (AvgIpc) is 3.68. The van der Waals surface area contributed by atoms with Crippen molar-refractivity contribution in [3.8, 4) is 0 Å². The summed E-state index contributed by atoms with van der Waals surface area (Å²) in [7, 11) is 0. The summed E-state index contributed by atoms with van der Waals surface area (Å²) in [5.74, 6) is 2.36. The second kappa shape index (κ2) is 16.2. The van der Waals surface area contributed by atoms with E-state index in [1.54, 1.807) is 6.92 Å². The molecule has 0 bridgehead atoms. The molecular formula is C45H72O15. The monoisotopic (exact) mass is 852 g/mol. The average molecular weight is 853 g/mol. The zero-order chi connectivity index (χ0) is 42.8. The van der Waals surface area contributed by atoms with Gasteiger partial charge in [-0.15, -0.1) is 0 Å². The maximum Gasteiger partial charge on any atom is 0.187 e. The first kappa shape index (κ1) is 44.3. The fourth-order valence-electron chi connectivity index (χ4n) is 14.3. The van der Waals surface area contributed by atoms with Gasteiger partial charge in [0.25, 0.3) is 0 Å². The highest BCUT2D eigenvalue weighted by molar-refractivity contribution is 5.27. The third-order valence-electron chi connectivity index (χ3n) is 17.9. The fraction of sp³-hybridized carbons (Fsp3) is 0.956.